The number of nitrogens with two attached hydrogens (primary N) is 1. The first-order valence-corrected chi connectivity index (χ1v) is 5.98. The number of nitrogen functional groups attached to an aromatic ring is 1. The summed E-state index contributed by atoms with van der Waals surface area (Å²) < 4.78 is 5.88. The predicted octanol–water partition coefficient (Wildman–Crippen LogP) is 2.62. The molecule has 1 aromatic carbocycles. The highest BCUT2D eigenvalue weighted by Crippen LogP contribution is 2.27. The van der Waals surface area contributed by atoms with Gasteiger partial charge < -0.3 is 20.8 Å². The average Bonchev–Trinajstić information content (AvgIpc) is 2.76. The van der Waals surface area contributed by atoms with E-state index in [4.69, 9.17) is 10.5 Å². The highest BCUT2D eigenvalue weighted by Gasteiger charge is 2.09. The van der Waals surface area contributed by atoms with Gasteiger partial charge in [-0.1, -0.05) is 0 Å². The smallest absolute Gasteiger partial charge is 0.272 e. The van der Waals surface area contributed by atoms with E-state index in [9.17, 15) is 4.79 Å². The van der Waals surface area contributed by atoms with Gasteiger partial charge in [-0.05, 0) is 40.2 Å². The number of ether oxygens (including phenoxy) is 1. The zero-order chi connectivity index (χ0) is 13.1. The van der Waals surface area contributed by atoms with Gasteiger partial charge in [-0.25, -0.2) is 0 Å². The minimum Gasteiger partial charge on any atom is -0.496 e. The van der Waals surface area contributed by atoms with Gasteiger partial charge in [0, 0.05) is 17.6 Å². The van der Waals surface area contributed by atoms with Crippen molar-refractivity contribution >= 4 is 33.2 Å². The SMILES string of the molecule is COc1ccc(NC(=O)c2cc(N)c[nH]2)cc1Br. The third-order valence-electron chi connectivity index (χ3n) is 2.36. The van der Waals surface area contributed by atoms with Crippen molar-refractivity contribution < 1.29 is 9.53 Å². The molecule has 0 saturated heterocycles. The van der Waals surface area contributed by atoms with Crippen LogP contribution in [0, 0.1) is 0 Å². The van der Waals surface area contributed by atoms with Crippen LogP contribution in [-0.4, -0.2) is 18.0 Å². The number of halogens is 1. The van der Waals surface area contributed by atoms with E-state index in [1.54, 1.807) is 37.6 Å². The van der Waals surface area contributed by atoms with Crippen molar-refractivity contribution in [2.24, 2.45) is 0 Å². The van der Waals surface area contributed by atoms with Gasteiger partial charge in [-0.3, -0.25) is 4.79 Å². The molecule has 6 heteroatoms. The standard InChI is InChI=1S/C12H12BrN3O2/c1-18-11-3-2-8(5-9(11)13)16-12(17)10-4-7(14)6-15-10/h2-6,15H,14H2,1H3,(H,16,17). The van der Waals surface area contributed by atoms with Crippen LogP contribution in [0.5, 0.6) is 5.75 Å². The Bertz CT molecular complexity index is 580. The topological polar surface area (TPSA) is 80.1 Å². The summed E-state index contributed by atoms with van der Waals surface area (Å²) in [6.07, 6.45) is 1.57. The number of amides is 1. The van der Waals surface area contributed by atoms with Gasteiger partial charge in [0.1, 0.15) is 11.4 Å². The Labute approximate surface area is 112 Å². The van der Waals surface area contributed by atoms with Crippen molar-refractivity contribution in [3.63, 3.8) is 0 Å². The molecule has 0 aliphatic rings. The predicted molar refractivity (Wildman–Crippen MR) is 73.9 cm³/mol. The number of anilines is 2. The lowest BCUT2D eigenvalue weighted by Crippen LogP contribution is -2.12. The molecule has 94 valence electrons. The van der Waals surface area contributed by atoms with E-state index in [2.05, 4.69) is 26.2 Å². The number of benzene rings is 1. The van der Waals surface area contributed by atoms with Crippen LogP contribution in [0.1, 0.15) is 10.5 Å². The van der Waals surface area contributed by atoms with Gasteiger partial charge in [0.25, 0.3) is 5.91 Å². The Kier molecular flexibility index (Phi) is 3.57. The average molecular weight is 310 g/mol. The molecule has 0 bridgehead atoms. The van der Waals surface area contributed by atoms with Gasteiger partial charge in [0.2, 0.25) is 0 Å². The van der Waals surface area contributed by atoms with Crippen LogP contribution in [0.3, 0.4) is 0 Å². The summed E-state index contributed by atoms with van der Waals surface area (Å²) in [6.45, 7) is 0. The number of H-pyrrole nitrogens is 1. The van der Waals surface area contributed by atoms with Crippen molar-refractivity contribution in [3.8, 4) is 5.75 Å². The summed E-state index contributed by atoms with van der Waals surface area (Å²) in [5.74, 6) is 0.459. The summed E-state index contributed by atoms with van der Waals surface area (Å²) in [4.78, 5) is 14.6. The number of carbonyl (C=O) groups excluding carboxylic acids is 1. The van der Waals surface area contributed by atoms with Gasteiger partial charge in [0.15, 0.2) is 0 Å². The maximum atomic E-state index is 11.8. The van der Waals surface area contributed by atoms with Crippen molar-refractivity contribution in [1.82, 2.24) is 4.98 Å². The quantitative estimate of drug-likeness (QED) is 0.815. The lowest BCUT2D eigenvalue weighted by Gasteiger charge is -2.07. The first-order chi connectivity index (χ1) is 8.60. The van der Waals surface area contributed by atoms with E-state index in [-0.39, 0.29) is 5.91 Å². The van der Waals surface area contributed by atoms with Gasteiger partial charge in [0.05, 0.1) is 11.6 Å². The second kappa shape index (κ2) is 5.14. The monoisotopic (exact) mass is 309 g/mol. The molecule has 4 N–H and O–H groups in total. The molecule has 18 heavy (non-hydrogen) atoms. The Morgan fingerprint density at radius 3 is 2.78 bits per heavy atom. The molecule has 0 spiro atoms. The molecule has 0 fully saturated rings. The number of rotatable bonds is 3. The van der Waals surface area contributed by atoms with Crippen LogP contribution >= 0.6 is 15.9 Å². The lowest BCUT2D eigenvalue weighted by atomic mass is 10.3. The van der Waals surface area contributed by atoms with E-state index < -0.39 is 0 Å². The second-order valence-electron chi connectivity index (χ2n) is 3.65. The zero-order valence-electron chi connectivity index (χ0n) is 9.66. The molecule has 0 saturated carbocycles. The van der Waals surface area contributed by atoms with Gasteiger partial charge in [-0.15, -0.1) is 0 Å². The minimum atomic E-state index is -0.247. The van der Waals surface area contributed by atoms with E-state index in [1.165, 1.54) is 0 Å². The molecular weight excluding hydrogens is 298 g/mol. The first kappa shape index (κ1) is 12.5. The highest BCUT2D eigenvalue weighted by molar-refractivity contribution is 9.10. The molecule has 1 aromatic heterocycles. The summed E-state index contributed by atoms with van der Waals surface area (Å²) in [7, 11) is 1.58. The van der Waals surface area contributed by atoms with Crippen LogP contribution in [0.15, 0.2) is 34.9 Å². The molecule has 0 atom stereocenters. The van der Waals surface area contributed by atoms with E-state index >= 15 is 0 Å². The van der Waals surface area contributed by atoms with Crippen molar-refractivity contribution in [2.45, 2.75) is 0 Å². The van der Waals surface area contributed by atoms with Crippen molar-refractivity contribution in [3.05, 3.63) is 40.6 Å². The number of aromatic amines is 1. The molecule has 2 rings (SSSR count). The summed E-state index contributed by atoms with van der Waals surface area (Å²) >= 11 is 3.35. The number of methoxy groups -OCH3 is 1. The highest BCUT2D eigenvalue weighted by atomic mass is 79.9. The summed E-state index contributed by atoms with van der Waals surface area (Å²) in [5, 5.41) is 2.75. The number of aromatic nitrogens is 1. The molecule has 0 unspecified atom stereocenters. The Morgan fingerprint density at radius 1 is 1.44 bits per heavy atom. The Balaban J connectivity index is 2.14. The van der Waals surface area contributed by atoms with Crippen molar-refractivity contribution in [1.29, 1.82) is 0 Å². The third kappa shape index (κ3) is 2.65. The van der Waals surface area contributed by atoms with Crippen LogP contribution in [0.2, 0.25) is 0 Å². The second-order valence-corrected chi connectivity index (χ2v) is 4.50. The fourth-order valence-electron chi connectivity index (χ4n) is 1.48. The van der Waals surface area contributed by atoms with E-state index in [0.29, 0.717) is 22.8 Å². The fraction of sp³-hybridized carbons (Fsp3) is 0.0833. The Hall–Kier alpha value is -1.95. The molecule has 1 heterocycles. The normalized spacial score (nSPS) is 10.1. The molecule has 2 aromatic rings. The molecule has 5 nitrogen and oxygen atoms in total. The van der Waals surface area contributed by atoms with Gasteiger partial charge >= 0.3 is 0 Å². The molecular formula is C12H12BrN3O2. The molecule has 1 amide bonds. The minimum absolute atomic E-state index is 0.247. The van der Waals surface area contributed by atoms with Crippen molar-refractivity contribution in [2.75, 3.05) is 18.2 Å². The number of nitrogens with one attached hydrogen (secondary N) is 2. The van der Waals surface area contributed by atoms with Crippen LogP contribution < -0.4 is 15.8 Å². The molecule has 0 aliphatic heterocycles. The number of hydrogen-bond donors (Lipinski definition) is 3. The van der Waals surface area contributed by atoms with Crippen LogP contribution in [0.4, 0.5) is 11.4 Å². The fourth-order valence-corrected chi connectivity index (χ4v) is 2.03. The first-order valence-electron chi connectivity index (χ1n) is 5.19. The van der Waals surface area contributed by atoms with Crippen LogP contribution in [-0.2, 0) is 0 Å². The third-order valence-corrected chi connectivity index (χ3v) is 2.98. The lowest BCUT2D eigenvalue weighted by molar-refractivity contribution is 0.102. The summed E-state index contributed by atoms with van der Waals surface area (Å²) in [6, 6.07) is 6.87. The summed E-state index contributed by atoms with van der Waals surface area (Å²) in [5.41, 5.74) is 7.14. The van der Waals surface area contributed by atoms with E-state index in [0.717, 1.165) is 4.47 Å². The van der Waals surface area contributed by atoms with E-state index in [1.807, 2.05) is 0 Å². The maximum absolute atomic E-state index is 11.8. The number of carbonyl (C=O) groups is 1. The molecule has 0 aliphatic carbocycles. The number of hydrogen-bond acceptors (Lipinski definition) is 3. The largest absolute Gasteiger partial charge is 0.496 e. The van der Waals surface area contributed by atoms with Gasteiger partial charge in [-0.2, -0.15) is 0 Å². The molecule has 0 radical (unpaired) electrons. The Morgan fingerprint density at radius 2 is 2.22 bits per heavy atom. The van der Waals surface area contributed by atoms with Crippen LogP contribution in [0.25, 0.3) is 0 Å². The zero-order valence-corrected chi connectivity index (χ0v) is 11.2. The maximum Gasteiger partial charge on any atom is 0.272 e.